The second-order valence-corrected chi connectivity index (χ2v) is 14.0. The molecule has 0 aliphatic carbocycles. The molecule has 2 heterocycles. The van der Waals surface area contributed by atoms with Gasteiger partial charge in [0.15, 0.2) is 10.9 Å². The molecule has 12 rings (SSSR count). The van der Waals surface area contributed by atoms with Gasteiger partial charge in [0, 0.05) is 53.9 Å². The van der Waals surface area contributed by atoms with E-state index in [0.29, 0.717) is 21.5 Å². The van der Waals surface area contributed by atoms with Crippen LogP contribution >= 0.6 is 0 Å². The van der Waals surface area contributed by atoms with Crippen LogP contribution in [0.15, 0.2) is 155 Å². The molecular formula is C48H24N2O2. The lowest BCUT2D eigenvalue weighted by molar-refractivity contribution is 1.49. The average Bonchev–Trinajstić information content (AvgIpc) is 3.20. The normalized spacial score (nSPS) is 12.4. The lowest BCUT2D eigenvalue weighted by Gasteiger charge is -2.17. The first-order valence-corrected chi connectivity index (χ1v) is 17.5. The summed E-state index contributed by atoms with van der Waals surface area (Å²) in [6.07, 6.45) is 0. The van der Waals surface area contributed by atoms with Gasteiger partial charge in [0.2, 0.25) is 0 Å². The fourth-order valence-corrected chi connectivity index (χ4v) is 8.75. The van der Waals surface area contributed by atoms with Crippen LogP contribution in [0.2, 0.25) is 0 Å². The van der Waals surface area contributed by atoms with Crippen molar-refractivity contribution in [1.29, 1.82) is 0 Å². The number of fused-ring (bicyclic) bond motifs is 6. The molecule has 0 aliphatic heterocycles. The van der Waals surface area contributed by atoms with E-state index in [9.17, 15) is 9.59 Å². The summed E-state index contributed by atoms with van der Waals surface area (Å²) in [5.74, 6) is 0. The van der Waals surface area contributed by atoms with Gasteiger partial charge in [0.25, 0.3) is 0 Å². The summed E-state index contributed by atoms with van der Waals surface area (Å²) >= 11 is 0. The lowest BCUT2D eigenvalue weighted by atomic mass is 9.89. The highest BCUT2D eigenvalue weighted by Crippen LogP contribution is 2.43. The minimum absolute atomic E-state index is 0.0277. The molecule has 12 aromatic rings. The summed E-state index contributed by atoms with van der Waals surface area (Å²) in [6.45, 7) is 0. The van der Waals surface area contributed by atoms with Crippen LogP contribution in [0, 0.1) is 0 Å². The van der Waals surface area contributed by atoms with Crippen molar-refractivity contribution in [3.05, 3.63) is 166 Å². The molecule has 0 saturated heterocycles. The van der Waals surface area contributed by atoms with Crippen molar-refractivity contribution in [2.24, 2.45) is 0 Å². The first-order valence-electron chi connectivity index (χ1n) is 17.5. The van der Waals surface area contributed by atoms with Crippen molar-refractivity contribution < 1.29 is 0 Å². The van der Waals surface area contributed by atoms with Crippen molar-refractivity contribution in [1.82, 2.24) is 9.97 Å². The van der Waals surface area contributed by atoms with Crippen molar-refractivity contribution >= 4 is 97.5 Å². The SMILES string of the molecule is O=c1c2cc(-c3ccc4ccccc4c3)ccc2c2nc3ccc4c(=O)c5cc(-c6ccc7ccccc7c6)ccc5c5nc6ccc1c2c6c3c45. The Hall–Kier alpha value is -7.04. The molecule has 0 aliphatic rings. The van der Waals surface area contributed by atoms with E-state index < -0.39 is 0 Å². The van der Waals surface area contributed by atoms with E-state index in [-0.39, 0.29) is 10.9 Å². The van der Waals surface area contributed by atoms with Gasteiger partial charge >= 0.3 is 0 Å². The van der Waals surface area contributed by atoms with Gasteiger partial charge in [-0.1, -0.05) is 97.1 Å². The van der Waals surface area contributed by atoms with Crippen LogP contribution in [0.1, 0.15) is 0 Å². The molecule has 2 aromatic heterocycles. The monoisotopic (exact) mass is 660 g/mol. The molecule has 238 valence electrons. The average molecular weight is 661 g/mol. The maximum Gasteiger partial charge on any atom is 0.194 e. The van der Waals surface area contributed by atoms with Gasteiger partial charge in [0.1, 0.15) is 0 Å². The van der Waals surface area contributed by atoms with Gasteiger partial charge in [-0.25, -0.2) is 9.97 Å². The molecule has 0 atom stereocenters. The molecular weight excluding hydrogens is 637 g/mol. The van der Waals surface area contributed by atoms with E-state index in [1.54, 1.807) is 0 Å². The van der Waals surface area contributed by atoms with Crippen molar-refractivity contribution in [2.75, 3.05) is 0 Å². The second kappa shape index (κ2) is 9.81. The minimum atomic E-state index is -0.0277. The number of hydrogen-bond acceptors (Lipinski definition) is 4. The molecule has 4 heteroatoms. The van der Waals surface area contributed by atoms with Gasteiger partial charge < -0.3 is 0 Å². The fourth-order valence-electron chi connectivity index (χ4n) is 8.75. The van der Waals surface area contributed by atoms with Crippen LogP contribution in [0.3, 0.4) is 0 Å². The number of rotatable bonds is 2. The standard InChI is InChI=1S/C48H24N2O2/c51-47-35-17-19-40-43-41(35)45(33-15-13-31(23-37(33)47)29-11-9-25-5-1-3-7-27(25)21-29)49-39-20-18-36-42(44(39)43)46(50-40)34-16-14-32(24-38(34)48(36)52)30-12-10-26-6-2-4-8-28(26)22-30/h1-24H. The van der Waals surface area contributed by atoms with Crippen LogP contribution in [0.5, 0.6) is 0 Å². The molecule has 0 radical (unpaired) electrons. The van der Waals surface area contributed by atoms with Crippen LogP contribution in [0.25, 0.3) is 120 Å². The summed E-state index contributed by atoms with van der Waals surface area (Å²) in [5.41, 5.74) is 7.17. The van der Waals surface area contributed by atoms with Gasteiger partial charge in [-0.15, -0.1) is 0 Å². The highest BCUT2D eigenvalue weighted by molar-refractivity contribution is 6.38. The van der Waals surface area contributed by atoms with Crippen LogP contribution in [0.4, 0.5) is 0 Å². The Morgan fingerprint density at radius 3 is 1.15 bits per heavy atom. The van der Waals surface area contributed by atoms with E-state index >= 15 is 0 Å². The Kier molecular flexibility index (Phi) is 5.23. The van der Waals surface area contributed by atoms with E-state index in [0.717, 1.165) is 87.4 Å². The summed E-state index contributed by atoms with van der Waals surface area (Å²) in [6, 6.07) is 49.4. The van der Waals surface area contributed by atoms with Crippen molar-refractivity contribution in [3.63, 3.8) is 0 Å². The molecule has 52 heavy (non-hydrogen) atoms. The number of benzene rings is 10. The second-order valence-electron chi connectivity index (χ2n) is 14.0. The molecule has 4 nitrogen and oxygen atoms in total. The fraction of sp³-hybridized carbons (Fsp3) is 0. The first-order chi connectivity index (χ1) is 25.6. The van der Waals surface area contributed by atoms with Gasteiger partial charge in [-0.05, 0) is 92.3 Å². The molecule has 0 bridgehead atoms. The van der Waals surface area contributed by atoms with Crippen molar-refractivity contribution in [3.8, 4) is 22.3 Å². The zero-order valence-corrected chi connectivity index (χ0v) is 27.6. The van der Waals surface area contributed by atoms with E-state index in [1.807, 2.05) is 72.8 Å². The van der Waals surface area contributed by atoms with Crippen molar-refractivity contribution in [2.45, 2.75) is 0 Å². The van der Waals surface area contributed by atoms with Gasteiger partial charge in [0.05, 0.1) is 22.1 Å². The zero-order valence-electron chi connectivity index (χ0n) is 27.6. The summed E-state index contributed by atoms with van der Waals surface area (Å²) < 4.78 is 0. The third kappa shape index (κ3) is 3.60. The van der Waals surface area contributed by atoms with E-state index in [4.69, 9.17) is 9.97 Å². The Labute approximate surface area is 294 Å². The molecule has 0 spiro atoms. The maximum atomic E-state index is 14.4. The van der Waals surface area contributed by atoms with Crippen LogP contribution in [-0.2, 0) is 0 Å². The topological polar surface area (TPSA) is 59.9 Å². The van der Waals surface area contributed by atoms with Gasteiger partial charge in [-0.2, -0.15) is 0 Å². The lowest BCUT2D eigenvalue weighted by Crippen LogP contribution is -2.08. The highest BCUT2D eigenvalue weighted by Gasteiger charge is 2.24. The predicted molar refractivity (Wildman–Crippen MR) is 217 cm³/mol. The number of nitrogens with zero attached hydrogens (tertiary/aromatic N) is 2. The van der Waals surface area contributed by atoms with E-state index in [1.165, 1.54) is 10.8 Å². The molecule has 0 fully saturated rings. The van der Waals surface area contributed by atoms with E-state index in [2.05, 4.69) is 72.8 Å². The molecule has 10 aromatic carbocycles. The Morgan fingerprint density at radius 1 is 0.308 bits per heavy atom. The summed E-state index contributed by atoms with van der Waals surface area (Å²) in [7, 11) is 0. The smallest absolute Gasteiger partial charge is 0.194 e. The Bertz CT molecular complexity index is 3390. The third-order valence-corrected chi connectivity index (χ3v) is 11.2. The summed E-state index contributed by atoms with van der Waals surface area (Å²) in [4.78, 5) is 39.2. The number of hydrogen-bond donors (Lipinski definition) is 0. The third-order valence-electron chi connectivity index (χ3n) is 11.2. The van der Waals surface area contributed by atoms with Crippen LogP contribution < -0.4 is 10.9 Å². The molecule has 0 saturated carbocycles. The Balaban J connectivity index is 1.12. The highest BCUT2D eigenvalue weighted by atomic mass is 16.1. The number of aromatic nitrogens is 2. The molecule has 0 N–H and O–H groups in total. The Morgan fingerprint density at radius 2 is 0.692 bits per heavy atom. The van der Waals surface area contributed by atoms with Gasteiger partial charge in [-0.3, -0.25) is 9.59 Å². The van der Waals surface area contributed by atoms with Crippen LogP contribution in [-0.4, -0.2) is 9.97 Å². The first kappa shape index (κ1) is 27.7. The zero-order chi connectivity index (χ0) is 34.2. The molecule has 0 unspecified atom stereocenters. The quantitative estimate of drug-likeness (QED) is 0.137. The largest absolute Gasteiger partial charge is 0.289 e. The minimum Gasteiger partial charge on any atom is -0.289 e. The summed E-state index contributed by atoms with van der Waals surface area (Å²) in [5, 5.41) is 12.2. The predicted octanol–water partition coefficient (Wildman–Crippen LogP) is 11.2. The maximum absolute atomic E-state index is 14.4. The molecule has 0 amide bonds. The number of pyridine rings is 2.